The third kappa shape index (κ3) is 3.13. The van der Waals surface area contributed by atoms with Crippen molar-refractivity contribution in [3.8, 4) is 0 Å². The fourth-order valence-corrected chi connectivity index (χ4v) is 4.31. The summed E-state index contributed by atoms with van der Waals surface area (Å²) in [5.41, 5.74) is 4.81. The second-order valence-corrected chi connectivity index (χ2v) is 8.47. The number of benzene rings is 1. The van der Waals surface area contributed by atoms with Crippen molar-refractivity contribution in [2.45, 2.75) is 47.1 Å². The first-order chi connectivity index (χ1) is 13.3. The quantitative estimate of drug-likeness (QED) is 0.728. The maximum absolute atomic E-state index is 12.7. The number of carbonyl (C=O) groups excluding carboxylic acids is 2. The van der Waals surface area contributed by atoms with Crippen LogP contribution in [0.2, 0.25) is 0 Å². The number of para-hydroxylation sites is 2. The number of nitrogens with zero attached hydrogens (tertiary/aromatic N) is 2. The van der Waals surface area contributed by atoms with Gasteiger partial charge >= 0.3 is 0 Å². The number of aromatic amines is 1. The number of imidazole rings is 1. The molecule has 0 unspecified atom stereocenters. The van der Waals surface area contributed by atoms with Crippen LogP contribution in [-0.2, 0) is 13.0 Å². The molecule has 0 bridgehead atoms. The van der Waals surface area contributed by atoms with E-state index in [1.165, 1.54) is 0 Å². The van der Waals surface area contributed by atoms with Crippen molar-refractivity contribution < 1.29 is 9.59 Å². The fourth-order valence-electron chi connectivity index (χ4n) is 4.31. The standard InChI is InChI=1S/C22H26N4O2/c1-13-19-16(11-22(3,4)12-18(19)27)25-20(13)21(28)23-9-10-26-14(2)24-15-7-5-6-8-17(15)26/h5-8,25H,9-12H2,1-4H3,(H,23,28). The number of fused-ring (bicyclic) bond motifs is 2. The molecule has 0 saturated heterocycles. The summed E-state index contributed by atoms with van der Waals surface area (Å²) in [6.45, 7) is 9.13. The van der Waals surface area contributed by atoms with Crippen molar-refractivity contribution in [3.63, 3.8) is 0 Å². The number of rotatable bonds is 4. The number of carbonyl (C=O) groups is 2. The zero-order chi connectivity index (χ0) is 20.1. The van der Waals surface area contributed by atoms with Crippen LogP contribution in [0.1, 0.15) is 58.2 Å². The summed E-state index contributed by atoms with van der Waals surface area (Å²) in [5.74, 6) is 0.883. The molecular formula is C22H26N4O2. The van der Waals surface area contributed by atoms with Gasteiger partial charge in [-0.15, -0.1) is 0 Å². The van der Waals surface area contributed by atoms with E-state index >= 15 is 0 Å². The van der Waals surface area contributed by atoms with E-state index in [0.717, 1.165) is 34.5 Å². The number of Topliss-reactive ketones (excluding diaryl/α,β-unsaturated/α-hetero) is 1. The summed E-state index contributed by atoms with van der Waals surface area (Å²) in [4.78, 5) is 33.1. The molecule has 2 aromatic heterocycles. The predicted molar refractivity (Wildman–Crippen MR) is 109 cm³/mol. The van der Waals surface area contributed by atoms with Gasteiger partial charge in [0.15, 0.2) is 5.78 Å². The molecule has 0 radical (unpaired) electrons. The Balaban J connectivity index is 1.49. The van der Waals surface area contributed by atoms with Crippen LogP contribution in [0.4, 0.5) is 0 Å². The van der Waals surface area contributed by atoms with Gasteiger partial charge < -0.3 is 14.9 Å². The number of hydrogen-bond acceptors (Lipinski definition) is 3. The molecule has 1 aliphatic rings. The monoisotopic (exact) mass is 378 g/mol. The highest BCUT2D eigenvalue weighted by Gasteiger charge is 2.35. The Morgan fingerprint density at radius 2 is 2.00 bits per heavy atom. The van der Waals surface area contributed by atoms with E-state index in [1.807, 2.05) is 38.1 Å². The Morgan fingerprint density at radius 1 is 1.25 bits per heavy atom. The molecule has 1 aliphatic carbocycles. The molecule has 0 fully saturated rings. The molecule has 1 aromatic carbocycles. The summed E-state index contributed by atoms with van der Waals surface area (Å²) in [6, 6.07) is 7.99. The topological polar surface area (TPSA) is 79.8 Å². The van der Waals surface area contributed by atoms with E-state index in [-0.39, 0.29) is 17.1 Å². The van der Waals surface area contributed by atoms with Crippen molar-refractivity contribution in [2.24, 2.45) is 5.41 Å². The number of hydrogen-bond donors (Lipinski definition) is 2. The van der Waals surface area contributed by atoms with E-state index in [2.05, 4.69) is 33.7 Å². The fraction of sp³-hybridized carbons (Fsp3) is 0.409. The third-order valence-corrected chi connectivity index (χ3v) is 5.59. The number of H-pyrrole nitrogens is 1. The van der Waals surface area contributed by atoms with Crippen LogP contribution in [0, 0.1) is 19.3 Å². The molecule has 2 heterocycles. The number of amides is 1. The average Bonchev–Trinajstić information content (AvgIpc) is 3.10. The van der Waals surface area contributed by atoms with Crippen molar-refractivity contribution in [2.75, 3.05) is 6.54 Å². The summed E-state index contributed by atoms with van der Waals surface area (Å²) < 4.78 is 2.11. The summed E-state index contributed by atoms with van der Waals surface area (Å²) in [7, 11) is 0. The first-order valence-corrected chi connectivity index (χ1v) is 9.71. The Morgan fingerprint density at radius 3 is 2.79 bits per heavy atom. The van der Waals surface area contributed by atoms with E-state index in [9.17, 15) is 9.59 Å². The molecule has 6 heteroatoms. The molecule has 1 amide bonds. The molecule has 2 N–H and O–H groups in total. The summed E-state index contributed by atoms with van der Waals surface area (Å²) >= 11 is 0. The number of nitrogens with one attached hydrogen (secondary N) is 2. The largest absolute Gasteiger partial charge is 0.354 e. The van der Waals surface area contributed by atoms with Gasteiger partial charge in [0.05, 0.1) is 11.0 Å². The van der Waals surface area contributed by atoms with Gasteiger partial charge in [-0.1, -0.05) is 26.0 Å². The van der Waals surface area contributed by atoms with Gasteiger partial charge in [-0.05, 0) is 43.4 Å². The van der Waals surface area contributed by atoms with Gasteiger partial charge in [0, 0.05) is 30.8 Å². The molecule has 146 valence electrons. The van der Waals surface area contributed by atoms with E-state index < -0.39 is 0 Å². The molecule has 28 heavy (non-hydrogen) atoms. The second kappa shape index (κ2) is 6.62. The van der Waals surface area contributed by atoms with Crippen LogP contribution < -0.4 is 5.32 Å². The van der Waals surface area contributed by atoms with Gasteiger partial charge in [0.25, 0.3) is 5.91 Å². The minimum absolute atomic E-state index is 0.0743. The Hall–Kier alpha value is -2.89. The first-order valence-electron chi connectivity index (χ1n) is 9.71. The molecule has 6 nitrogen and oxygen atoms in total. The molecule has 0 saturated carbocycles. The second-order valence-electron chi connectivity index (χ2n) is 8.47. The highest BCUT2D eigenvalue weighted by Crippen LogP contribution is 2.36. The molecule has 3 aromatic rings. The first kappa shape index (κ1) is 18.5. The number of ketones is 1. The maximum atomic E-state index is 12.7. The molecular weight excluding hydrogens is 352 g/mol. The minimum Gasteiger partial charge on any atom is -0.354 e. The lowest BCUT2D eigenvalue weighted by Crippen LogP contribution is -2.28. The maximum Gasteiger partial charge on any atom is 0.268 e. The molecule has 0 spiro atoms. The molecule has 0 aliphatic heterocycles. The Kier molecular flexibility index (Phi) is 4.37. The van der Waals surface area contributed by atoms with Crippen molar-refractivity contribution in [1.82, 2.24) is 19.9 Å². The van der Waals surface area contributed by atoms with Gasteiger partial charge in [0.1, 0.15) is 11.5 Å². The number of aromatic nitrogens is 3. The van der Waals surface area contributed by atoms with Crippen LogP contribution in [0.25, 0.3) is 11.0 Å². The Bertz CT molecular complexity index is 1090. The molecule has 0 atom stereocenters. The van der Waals surface area contributed by atoms with Crippen LogP contribution >= 0.6 is 0 Å². The lowest BCUT2D eigenvalue weighted by atomic mass is 9.75. The smallest absolute Gasteiger partial charge is 0.268 e. The van der Waals surface area contributed by atoms with Gasteiger partial charge in [-0.2, -0.15) is 0 Å². The van der Waals surface area contributed by atoms with Crippen molar-refractivity contribution in [1.29, 1.82) is 0 Å². The summed E-state index contributed by atoms with van der Waals surface area (Å²) in [5, 5.41) is 2.98. The van der Waals surface area contributed by atoms with Crippen LogP contribution in [0.15, 0.2) is 24.3 Å². The number of aryl methyl sites for hydroxylation is 1. The van der Waals surface area contributed by atoms with Crippen LogP contribution in [0.3, 0.4) is 0 Å². The Labute approximate surface area is 164 Å². The zero-order valence-electron chi connectivity index (χ0n) is 16.8. The van der Waals surface area contributed by atoms with E-state index in [1.54, 1.807) is 0 Å². The predicted octanol–water partition coefficient (Wildman–Crippen LogP) is 3.57. The minimum atomic E-state index is -0.167. The van der Waals surface area contributed by atoms with Gasteiger partial charge in [-0.3, -0.25) is 9.59 Å². The van der Waals surface area contributed by atoms with E-state index in [4.69, 9.17) is 0 Å². The normalized spacial score (nSPS) is 15.6. The van der Waals surface area contributed by atoms with Crippen molar-refractivity contribution >= 4 is 22.7 Å². The highest BCUT2D eigenvalue weighted by molar-refractivity contribution is 6.04. The van der Waals surface area contributed by atoms with Crippen LogP contribution in [-0.4, -0.2) is 32.8 Å². The highest BCUT2D eigenvalue weighted by atomic mass is 16.2. The lowest BCUT2D eigenvalue weighted by molar-refractivity contribution is 0.0909. The van der Waals surface area contributed by atoms with Gasteiger partial charge in [-0.25, -0.2) is 4.98 Å². The third-order valence-electron chi connectivity index (χ3n) is 5.59. The van der Waals surface area contributed by atoms with Crippen LogP contribution in [0.5, 0.6) is 0 Å². The lowest BCUT2D eigenvalue weighted by Gasteiger charge is -2.28. The summed E-state index contributed by atoms with van der Waals surface area (Å²) in [6.07, 6.45) is 1.30. The van der Waals surface area contributed by atoms with Gasteiger partial charge in [0.2, 0.25) is 0 Å². The zero-order valence-corrected chi connectivity index (χ0v) is 16.8. The van der Waals surface area contributed by atoms with Crippen molar-refractivity contribution in [3.05, 3.63) is 52.6 Å². The molecule has 4 rings (SSSR count). The average molecular weight is 378 g/mol. The SMILES string of the molecule is Cc1c(C(=O)NCCn2c(C)nc3ccccc32)[nH]c2c1C(=O)CC(C)(C)C2. The van der Waals surface area contributed by atoms with E-state index in [0.29, 0.717) is 30.8 Å².